The summed E-state index contributed by atoms with van der Waals surface area (Å²) in [6.45, 7) is 34.3. The van der Waals surface area contributed by atoms with Crippen LogP contribution in [0.1, 0.15) is 235 Å². The zero-order valence-electron chi connectivity index (χ0n) is 72.8. The van der Waals surface area contributed by atoms with E-state index in [1.807, 2.05) is 60.7 Å². The predicted octanol–water partition coefficient (Wildman–Crippen LogP) is 13.4. The number of ether oxygens (including phenoxy) is 6. The third kappa shape index (κ3) is 22.3. The van der Waals surface area contributed by atoms with Crippen molar-refractivity contribution in [1.82, 2.24) is 9.97 Å². The molecule has 8 aliphatic rings. The van der Waals surface area contributed by atoms with Gasteiger partial charge in [0.2, 0.25) is 0 Å². The van der Waals surface area contributed by atoms with Crippen molar-refractivity contribution in [2.24, 2.45) is 44.8 Å². The average Bonchev–Trinajstić information content (AvgIpc) is 1.61. The number of carbonyl (C=O) groups excluding carboxylic acids is 7. The van der Waals surface area contributed by atoms with Gasteiger partial charge in [-0.2, -0.15) is 0 Å². The molecule has 6 aromatic rings. The van der Waals surface area contributed by atoms with E-state index in [1.165, 1.54) is 20.3 Å². The molecule has 2 aliphatic heterocycles. The fraction of sp³-hybridized carbons (Fsp3) is 0.547. The van der Waals surface area contributed by atoms with Crippen LogP contribution >= 0.6 is 22.7 Å². The van der Waals surface area contributed by atoms with Gasteiger partial charge in [-0.15, -0.1) is 22.7 Å². The van der Waals surface area contributed by atoms with Gasteiger partial charge in [0, 0.05) is 49.2 Å². The number of aldehydes is 1. The Morgan fingerprint density at radius 2 is 0.949 bits per heavy atom. The Morgan fingerprint density at radius 3 is 1.31 bits per heavy atom. The Morgan fingerprint density at radius 1 is 0.568 bits per heavy atom. The van der Waals surface area contributed by atoms with Crippen LogP contribution in [0.15, 0.2) is 106 Å². The number of aliphatic hydroxyl groups excluding tert-OH is 1. The predicted molar refractivity (Wildman–Crippen MR) is 448 cm³/mol. The number of Topliss-reactive ketones (excluding diaryl/α,β-unsaturated/α-hetero) is 2. The summed E-state index contributed by atoms with van der Waals surface area (Å²) >= 11 is 2.22. The molecule has 2 amide bonds. The molecule has 3 radical (unpaired) electrons. The van der Waals surface area contributed by atoms with Gasteiger partial charge < -0.3 is 63.2 Å². The molecule has 2 aromatic heterocycles. The van der Waals surface area contributed by atoms with E-state index in [1.54, 1.807) is 112 Å². The van der Waals surface area contributed by atoms with Crippen LogP contribution in [0.25, 0.3) is 0 Å². The minimum Gasteiger partial charge on any atom is -1.00 e. The van der Waals surface area contributed by atoms with Crippen molar-refractivity contribution in [2.45, 2.75) is 253 Å². The number of nitrogens with one attached hydrogen (secondary N) is 2. The SMILES string of the molecule is COc1c(C[C@H](CC(=O)/C(=N\OCc2ccccc2)c2csc(NC(=O)OC(C)(C)C)n2)B2OC3C[C@@H]4C[C@@H](C4(C)C)[C@]3(C)O2)cc(C=O)cc1C(=O)OC(C)(C)C.COc1c(C[C@H](CC(=O)/C(=N\OCc2ccccc2)c2csc(NC(=O)OC(C)(C)C)n2)B2OC3C[C@@H]4C[C@@H](C4(C)C)[C@]3(C)O2)cc(CO)cc1C(=O)OC(C)(C)C.[B].[H-].[Na+]. The number of amides is 2. The zero-order valence-corrected chi connectivity index (χ0v) is 75.4. The van der Waals surface area contributed by atoms with Crippen LogP contribution < -0.4 is 49.7 Å². The maximum absolute atomic E-state index is 14.7. The number of carbonyl (C=O) groups is 7. The molecule has 4 heterocycles. The van der Waals surface area contributed by atoms with Gasteiger partial charge in [-0.1, -0.05) is 98.7 Å². The molecule has 4 aromatic carbocycles. The summed E-state index contributed by atoms with van der Waals surface area (Å²) in [7, 11) is 1.27. The molecule has 118 heavy (non-hydrogen) atoms. The first-order valence-corrected chi connectivity index (χ1v) is 41.2. The maximum Gasteiger partial charge on any atom is 1.00 e. The maximum atomic E-state index is 14.7. The summed E-state index contributed by atoms with van der Waals surface area (Å²) in [5.41, 5.74) is -0.0616. The molecule has 8 fully saturated rings. The monoisotopic (exact) mass is 1670 g/mol. The van der Waals surface area contributed by atoms with Crippen LogP contribution in [0.2, 0.25) is 11.6 Å². The normalized spacial score (nSPS) is 22.6. The van der Waals surface area contributed by atoms with Crippen LogP contribution in [0.5, 0.6) is 11.5 Å². The molecule has 627 valence electrons. The topological polar surface area (TPSA) is 325 Å². The van der Waals surface area contributed by atoms with E-state index in [4.69, 9.17) is 56.7 Å². The number of nitrogens with zero attached hydrogens (tertiary/aromatic N) is 4. The van der Waals surface area contributed by atoms with Crippen molar-refractivity contribution in [3.8, 4) is 11.5 Å². The number of hydrogen-bond donors (Lipinski definition) is 3. The summed E-state index contributed by atoms with van der Waals surface area (Å²) in [6.07, 6.45) is 2.69. The van der Waals surface area contributed by atoms with Gasteiger partial charge in [0.1, 0.15) is 75.9 Å². The molecule has 14 rings (SSSR count). The van der Waals surface area contributed by atoms with Gasteiger partial charge in [0.05, 0.1) is 44.2 Å². The molecular weight excluding hydrogens is 1560 g/mol. The molecule has 0 spiro atoms. The van der Waals surface area contributed by atoms with Crippen molar-refractivity contribution in [2.75, 3.05) is 24.9 Å². The first-order valence-electron chi connectivity index (χ1n) is 39.5. The van der Waals surface area contributed by atoms with Crippen LogP contribution in [-0.4, -0.2) is 151 Å². The Kier molecular flexibility index (Phi) is 30.0. The largest absolute Gasteiger partial charge is 1.00 e. The second-order valence-corrected chi connectivity index (χ2v) is 38.2. The molecule has 2 unspecified atom stereocenters. The van der Waals surface area contributed by atoms with Gasteiger partial charge in [0.15, 0.2) is 33.3 Å². The van der Waals surface area contributed by atoms with E-state index in [2.05, 4.69) is 72.5 Å². The number of esters is 2. The Balaban J connectivity index is 0.000000289. The number of thiazole rings is 2. The third-order valence-corrected chi connectivity index (χ3v) is 24.2. The number of hydrogen-bond acceptors (Lipinski definition) is 26. The number of ketones is 2. The number of aromatic nitrogens is 2. The first kappa shape index (κ1) is 94.0. The van der Waals surface area contributed by atoms with Gasteiger partial charge in [0.25, 0.3) is 0 Å². The van der Waals surface area contributed by atoms with E-state index < -0.39 is 95.2 Å². The fourth-order valence-corrected chi connectivity index (χ4v) is 18.3. The molecule has 2 saturated heterocycles. The molecule has 32 heteroatoms. The van der Waals surface area contributed by atoms with E-state index in [0.29, 0.717) is 34.8 Å². The second-order valence-electron chi connectivity index (χ2n) is 36.5. The zero-order chi connectivity index (χ0) is 84.4. The van der Waals surface area contributed by atoms with Crippen LogP contribution in [0.3, 0.4) is 0 Å². The van der Waals surface area contributed by atoms with Crippen molar-refractivity contribution < 1.29 is 126 Å². The van der Waals surface area contributed by atoms with Crippen LogP contribution in [0, 0.1) is 34.5 Å². The summed E-state index contributed by atoms with van der Waals surface area (Å²) < 4.78 is 61.4. The molecule has 4 bridgehead atoms. The first-order chi connectivity index (χ1) is 54.4. The molecule has 10 atom stereocenters. The Bertz CT molecular complexity index is 4680. The van der Waals surface area contributed by atoms with Crippen LogP contribution in [0.4, 0.5) is 19.9 Å². The molecular formula is C86H111B3N6NaO20S2. The molecule has 26 nitrogen and oxygen atoms in total. The smallest absolute Gasteiger partial charge is 1.00 e. The summed E-state index contributed by atoms with van der Waals surface area (Å²) in [6, 6.07) is 25.2. The van der Waals surface area contributed by atoms with Crippen molar-refractivity contribution in [3.05, 3.63) is 152 Å². The third-order valence-electron chi connectivity index (χ3n) is 22.6. The standard InChI is InChI=1S/C43H56BN3O10S.C43H54BN3O10S.B.Na.H/c2*1-40(2,3)54-37(50)30-17-26(22-48)16-27(36(30)52-10)18-29(44-56-34-20-28-19-33(42(28,7)8)43(34,9)57-44)21-32(49)35(47-53-23-25-14-12-11-13-15-25)31-24-58-38(45-31)46-39(51)55-41(4,5)6;;;/h11-17,24,28-29,33-34,48H,18-23H2,1-10H3,(H,45,46,51);11-17,22,24,28-29,33-34H,18-21,23H2,1-10H3,(H,45,46,51);;;/q;;;+1;-1/b2*47-35-;;;/t2*28-,29+,33-,34?,43-;;;/m00.../s1. The minimum atomic E-state index is -0.838. The number of methoxy groups -OCH3 is 2. The van der Waals surface area contributed by atoms with Gasteiger partial charge in [-0.3, -0.25) is 25.0 Å². The number of oxime groups is 2. The van der Waals surface area contributed by atoms with Crippen LogP contribution in [-0.2, 0) is 89.5 Å². The van der Waals surface area contributed by atoms with Gasteiger partial charge in [-0.05, 0) is 222 Å². The molecule has 6 saturated carbocycles. The summed E-state index contributed by atoms with van der Waals surface area (Å²) in [5.74, 6) is -1.36. The average molecular weight is 1670 g/mol. The van der Waals surface area contributed by atoms with E-state index in [9.17, 15) is 38.7 Å². The molecule has 6 aliphatic carbocycles. The van der Waals surface area contributed by atoms with E-state index in [0.717, 1.165) is 59.5 Å². The number of rotatable bonds is 28. The number of aliphatic hydroxyl groups is 1. The van der Waals surface area contributed by atoms with Crippen molar-refractivity contribution in [1.29, 1.82) is 0 Å². The number of benzene rings is 4. The Hall–Kier alpha value is -7.84. The van der Waals surface area contributed by atoms with Gasteiger partial charge in [-0.25, -0.2) is 29.1 Å². The van der Waals surface area contributed by atoms with Gasteiger partial charge >= 0.3 is 67.9 Å². The van der Waals surface area contributed by atoms with Crippen molar-refractivity contribution >= 4 is 109 Å². The Labute approximate surface area is 726 Å². The summed E-state index contributed by atoms with van der Waals surface area (Å²) in [4.78, 5) is 115. The number of anilines is 2. The van der Waals surface area contributed by atoms with Crippen molar-refractivity contribution in [3.63, 3.8) is 0 Å². The molecule has 3 N–H and O–H groups in total. The quantitative estimate of drug-likeness (QED) is 0.0103. The van der Waals surface area contributed by atoms with E-state index >= 15 is 0 Å². The second kappa shape index (κ2) is 37.7. The minimum absolute atomic E-state index is 0. The fourth-order valence-electron chi connectivity index (χ4n) is 17.0. The summed E-state index contributed by atoms with van der Waals surface area (Å²) in [5, 5.41) is 27.9. The van der Waals surface area contributed by atoms with E-state index in [-0.39, 0.29) is 181 Å².